The Hall–Kier alpha value is -0.450. The third-order valence-corrected chi connectivity index (χ3v) is 4.65. The van der Waals surface area contributed by atoms with Gasteiger partial charge in [0, 0.05) is 36.8 Å². The van der Waals surface area contributed by atoms with Crippen LogP contribution in [-0.4, -0.2) is 35.1 Å². The fraction of sp³-hybridized carbons (Fsp3) is 0.786. The summed E-state index contributed by atoms with van der Waals surface area (Å²) in [7, 11) is 0. The molecule has 0 aromatic carbocycles. The van der Waals surface area contributed by atoms with Gasteiger partial charge in [-0.15, -0.1) is 11.3 Å². The van der Waals surface area contributed by atoms with Crippen LogP contribution in [0.15, 0.2) is 11.6 Å². The largest absolute Gasteiger partial charge is 0.311 e. The van der Waals surface area contributed by atoms with Crippen molar-refractivity contribution in [1.82, 2.24) is 15.2 Å². The lowest BCUT2D eigenvalue weighted by Gasteiger charge is -2.43. The molecule has 0 aliphatic carbocycles. The molecule has 1 aromatic rings. The summed E-state index contributed by atoms with van der Waals surface area (Å²) in [5, 5.41) is 7.01. The van der Waals surface area contributed by atoms with Crippen LogP contribution in [0.2, 0.25) is 0 Å². The Morgan fingerprint density at radius 3 is 2.72 bits per heavy atom. The number of rotatable bonds is 4. The molecule has 0 amide bonds. The predicted octanol–water partition coefficient (Wildman–Crippen LogP) is 2.60. The third kappa shape index (κ3) is 3.31. The van der Waals surface area contributed by atoms with Crippen molar-refractivity contribution < 1.29 is 0 Å². The number of nitrogens with zero attached hydrogens (tertiary/aromatic N) is 2. The van der Waals surface area contributed by atoms with Gasteiger partial charge in [0.15, 0.2) is 0 Å². The van der Waals surface area contributed by atoms with Crippen LogP contribution in [0.4, 0.5) is 0 Å². The number of hydrogen-bond acceptors (Lipinski definition) is 4. The van der Waals surface area contributed by atoms with Crippen molar-refractivity contribution in [1.29, 1.82) is 0 Å². The maximum atomic E-state index is 4.43. The van der Waals surface area contributed by atoms with Crippen LogP contribution in [-0.2, 0) is 6.54 Å². The molecule has 1 N–H and O–H groups in total. The Morgan fingerprint density at radius 2 is 2.17 bits per heavy atom. The molecule has 0 saturated carbocycles. The SMILES string of the molecule is CC(C)C1CN(Cc2nccs2)C(C(C)C)CN1. The van der Waals surface area contributed by atoms with Gasteiger partial charge in [-0.1, -0.05) is 27.7 Å². The lowest BCUT2D eigenvalue weighted by molar-refractivity contribution is 0.0783. The second-order valence-corrected chi connectivity index (χ2v) is 6.90. The van der Waals surface area contributed by atoms with Gasteiger partial charge in [0.05, 0.1) is 6.54 Å². The van der Waals surface area contributed by atoms with E-state index < -0.39 is 0 Å². The normalized spacial score (nSPS) is 26.1. The summed E-state index contributed by atoms with van der Waals surface area (Å²) in [4.78, 5) is 7.05. The highest BCUT2D eigenvalue weighted by Crippen LogP contribution is 2.21. The molecule has 2 atom stereocenters. The smallest absolute Gasteiger partial charge is 0.107 e. The van der Waals surface area contributed by atoms with E-state index in [1.807, 2.05) is 6.20 Å². The lowest BCUT2D eigenvalue weighted by atomic mass is 9.94. The van der Waals surface area contributed by atoms with Crippen molar-refractivity contribution in [3.8, 4) is 0 Å². The summed E-state index contributed by atoms with van der Waals surface area (Å²) in [6, 6.07) is 1.24. The van der Waals surface area contributed by atoms with Crippen molar-refractivity contribution in [3.05, 3.63) is 16.6 Å². The molecule has 0 bridgehead atoms. The monoisotopic (exact) mass is 267 g/mol. The molecule has 4 heteroatoms. The van der Waals surface area contributed by atoms with Gasteiger partial charge in [0.2, 0.25) is 0 Å². The second kappa shape index (κ2) is 6.13. The number of hydrogen-bond donors (Lipinski definition) is 1. The quantitative estimate of drug-likeness (QED) is 0.909. The average molecular weight is 267 g/mol. The third-order valence-electron chi connectivity index (χ3n) is 3.89. The van der Waals surface area contributed by atoms with Crippen LogP contribution in [0.1, 0.15) is 32.7 Å². The molecule has 18 heavy (non-hydrogen) atoms. The second-order valence-electron chi connectivity index (χ2n) is 5.93. The fourth-order valence-corrected chi connectivity index (χ4v) is 3.29. The Balaban J connectivity index is 2.04. The molecule has 1 saturated heterocycles. The highest BCUT2D eigenvalue weighted by Gasteiger charge is 2.31. The molecule has 1 fully saturated rings. The van der Waals surface area contributed by atoms with Crippen molar-refractivity contribution >= 4 is 11.3 Å². The summed E-state index contributed by atoms with van der Waals surface area (Å²) in [5.41, 5.74) is 0. The molecule has 1 aliphatic heterocycles. The van der Waals surface area contributed by atoms with E-state index in [-0.39, 0.29) is 0 Å². The van der Waals surface area contributed by atoms with Crippen LogP contribution in [0.3, 0.4) is 0 Å². The van der Waals surface area contributed by atoms with Gasteiger partial charge < -0.3 is 5.32 Å². The zero-order chi connectivity index (χ0) is 13.1. The standard InChI is InChI=1S/C14H25N3S/c1-10(2)12-8-17(9-14-15-5-6-18-14)13(7-16-12)11(3)4/h5-6,10-13,16H,7-9H2,1-4H3. The minimum atomic E-state index is 0.611. The van der Waals surface area contributed by atoms with Crippen LogP contribution in [0.25, 0.3) is 0 Å². The summed E-state index contributed by atoms with van der Waals surface area (Å²) < 4.78 is 0. The van der Waals surface area contributed by atoms with E-state index in [0.29, 0.717) is 23.9 Å². The summed E-state index contributed by atoms with van der Waals surface area (Å²) >= 11 is 1.77. The molecule has 1 aliphatic rings. The fourth-order valence-electron chi connectivity index (χ4n) is 2.64. The minimum absolute atomic E-state index is 0.611. The number of piperazine rings is 1. The average Bonchev–Trinajstić information content (AvgIpc) is 2.81. The van der Waals surface area contributed by atoms with E-state index in [9.17, 15) is 0 Å². The molecule has 2 unspecified atom stereocenters. The van der Waals surface area contributed by atoms with Gasteiger partial charge in [-0.05, 0) is 11.8 Å². The maximum Gasteiger partial charge on any atom is 0.107 e. The van der Waals surface area contributed by atoms with Gasteiger partial charge in [0.25, 0.3) is 0 Å². The first kappa shape index (κ1) is 14.0. The molecule has 0 spiro atoms. The Morgan fingerprint density at radius 1 is 1.39 bits per heavy atom. The van der Waals surface area contributed by atoms with E-state index in [2.05, 4.69) is 48.3 Å². The molecule has 1 aromatic heterocycles. The zero-order valence-electron chi connectivity index (χ0n) is 11.9. The topological polar surface area (TPSA) is 28.2 Å². The molecule has 0 radical (unpaired) electrons. The van der Waals surface area contributed by atoms with E-state index in [1.165, 1.54) is 5.01 Å². The Kier molecular flexibility index (Phi) is 4.76. The first-order chi connectivity index (χ1) is 8.58. The Labute approximate surface area is 115 Å². The molecular formula is C14H25N3S. The van der Waals surface area contributed by atoms with Crippen molar-refractivity contribution in [2.24, 2.45) is 11.8 Å². The van der Waals surface area contributed by atoms with Gasteiger partial charge in [-0.3, -0.25) is 4.90 Å². The first-order valence-corrected chi connectivity index (χ1v) is 7.81. The van der Waals surface area contributed by atoms with Gasteiger partial charge >= 0.3 is 0 Å². The van der Waals surface area contributed by atoms with Crippen molar-refractivity contribution in [2.45, 2.75) is 46.3 Å². The lowest BCUT2D eigenvalue weighted by Crippen LogP contribution is -2.59. The van der Waals surface area contributed by atoms with Gasteiger partial charge in [-0.25, -0.2) is 4.98 Å². The molecule has 2 heterocycles. The summed E-state index contributed by atoms with van der Waals surface area (Å²) in [5.74, 6) is 1.38. The number of aromatic nitrogens is 1. The summed E-state index contributed by atoms with van der Waals surface area (Å²) in [6.45, 7) is 12.5. The van der Waals surface area contributed by atoms with Gasteiger partial charge in [0.1, 0.15) is 5.01 Å². The highest BCUT2D eigenvalue weighted by molar-refractivity contribution is 7.09. The maximum absolute atomic E-state index is 4.43. The highest BCUT2D eigenvalue weighted by atomic mass is 32.1. The van der Waals surface area contributed by atoms with Crippen LogP contribution < -0.4 is 5.32 Å². The van der Waals surface area contributed by atoms with Crippen molar-refractivity contribution in [3.63, 3.8) is 0 Å². The zero-order valence-corrected chi connectivity index (χ0v) is 12.7. The Bertz CT molecular complexity index is 348. The van der Waals surface area contributed by atoms with E-state index in [4.69, 9.17) is 0 Å². The summed E-state index contributed by atoms with van der Waals surface area (Å²) in [6.07, 6.45) is 1.91. The van der Waals surface area contributed by atoms with Crippen molar-refractivity contribution in [2.75, 3.05) is 13.1 Å². The first-order valence-electron chi connectivity index (χ1n) is 6.93. The minimum Gasteiger partial charge on any atom is -0.311 e. The van der Waals surface area contributed by atoms with Crippen LogP contribution in [0.5, 0.6) is 0 Å². The van der Waals surface area contributed by atoms with E-state index in [1.54, 1.807) is 11.3 Å². The van der Waals surface area contributed by atoms with E-state index >= 15 is 0 Å². The molecule has 102 valence electrons. The van der Waals surface area contributed by atoms with Crippen LogP contribution in [0, 0.1) is 11.8 Å². The van der Waals surface area contributed by atoms with Crippen LogP contribution >= 0.6 is 11.3 Å². The molecule has 2 rings (SSSR count). The van der Waals surface area contributed by atoms with Gasteiger partial charge in [-0.2, -0.15) is 0 Å². The number of thiazole rings is 1. The molecular weight excluding hydrogens is 242 g/mol. The predicted molar refractivity (Wildman–Crippen MR) is 77.8 cm³/mol. The molecule has 3 nitrogen and oxygen atoms in total. The van der Waals surface area contributed by atoms with E-state index in [0.717, 1.165) is 19.6 Å². The number of nitrogens with one attached hydrogen (secondary N) is 1.